The number of hydrogen-bond donors (Lipinski definition) is 0. The lowest BCUT2D eigenvalue weighted by atomic mass is 10.2. The smallest absolute Gasteiger partial charge is 0.339 e. The van der Waals surface area contributed by atoms with Crippen LogP contribution in [0.3, 0.4) is 0 Å². The van der Waals surface area contributed by atoms with Crippen molar-refractivity contribution in [2.24, 2.45) is 0 Å². The molecule has 0 N–H and O–H groups in total. The van der Waals surface area contributed by atoms with E-state index in [-0.39, 0.29) is 17.3 Å². The predicted molar refractivity (Wildman–Crippen MR) is 86.4 cm³/mol. The molecule has 0 bridgehead atoms. The number of carbonyl (C=O) groups excluding carboxylic acids is 2. The summed E-state index contributed by atoms with van der Waals surface area (Å²) in [5.74, 6) is -0.424. The molecule has 0 aromatic heterocycles. The Kier molecular flexibility index (Phi) is 5.91. The van der Waals surface area contributed by atoms with Crippen molar-refractivity contribution in [2.75, 3.05) is 7.11 Å². The van der Waals surface area contributed by atoms with E-state index in [0.717, 1.165) is 11.8 Å². The molecule has 0 radical (unpaired) electrons. The number of nitrogens with zero attached hydrogens (tertiary/aromatic N) is 1. The zero-order valence-electron chi connectivity index (χ0n) is 12.6. The molecule has 8 heteroatoms. The van der Waals surface area contributed by atoms with E-state index in [4.69, 9.17) is 0 Å². The van der Waals surface area contributed by atoms with Crippen LogP contribution in [0.25, 0.3) is 0 Å². The largest absolute Gasteiger partial charge is 0.465 e. The van der Waals surface area contributed by atoms with Crippen molar-refractivity contribution in [3.8, 4) is 5.75 Å². The first-order valence-electron chi connectivity index (χ1n) is 6.79. The minimum Gasteiger partial charge on any atom is -0.465 e. The summed E-state index contributed by atoms with van der Waals surface area (Å²) in [5, 5.41) is 9.16. The third kappa shape index (κ3) is 4.82. The normalized spacial score (nSPS) is 10.0. The van der Waals surface area contributed by atoms with Gasteiger partial charge in [0.05, 0.1) is 12.7 Å². The fourth-order valence-electron chi connectivity index (χ4n) is 1.91. The summed E-state index contributed by atoms with van der Waals surface area (Å²) in [5.41, 5.74) is 1.01. The Balaban J connectivity index is 2.03. The lowest BCUT2D eigenvalue weighted by Gasteiger charge is -2.07. The van der Waals surface area contributed by atoms with Crippen LogP contribution in [0.5, 0.6) is 5.75 Å². The van der Waals surface area contributed by atoms with E-state index in [2.05, 4.69) is 9.57 Å². The topological polar surface area (TPSA) is 95.7 Å². The van der Waals surface area contributed by atoms with Gasteiger partial charge >= 0.3 is 5.97 Å². The van der Waals surface area contributed by atoms with Gasteiger partial charge in [-0.1, -0.05) is 36.0 Å². The Labute approximate surface area is 141 Å². The highest BCUT2D eigenvalue weighted by Gasteiger charge is 2.15. The maximum Gasteiger partial charge on any atom is 0.339 e. The molecule has 0 atom stereocenters. The Morgan fingerprint density at radius 3 is 2.42 bits per heavy atom. The van der Waals surface area contributed by atoms with Crippen LogP contribution in [0.2, 0.25) is 0 Å². The van der Waals surface area contributed by atoms with E-state index in [9.17, 15) is 19.7 Å². The van der Waals surface area contributed by atoms with E-state index in [0.29, 0.717) is 16.0 Å². The van der Waals surface area contributed by atoms with Gasteiger partial charge < -0.3 is 4.74 Å². The van der Waals surface area contributed by atoms with Crippen LogP contribution in [0.4, 0.5) is 0 Å². The van der Waals surface area contributed by atoms with Crippen molar-refractivity contribution < 1.29 is 24.3 Å². The lowest BCUT2D eigenvalue weighted by molar-refractivity contribution is -0.711. The summed E-state index contributed by atoms with van der Waals surface area (Å²) in [7, 11) is 1.28. The van der Waals surface area contributed by atoms with Gasteiger partial charge in [0.15, 0.2) is 5.12 Å². The van der Waals surface area contributed by atoms with Gasteiger partial charge in [0.1, 0.15) is 5.75 Å². The van der Waals surface area contributed by atoms with Gasteiger partial charge in [0.25, 0.3) is 5.09 Å². The van der Waals surface area contributed by atoms with Crippen LogP contribution in [-0.4, -0.2) is 23.3 Å². The Bertz CT molecular complexity index is 759. The van der Waals surface area contributed by atoms with E-state index < -0.39 is 11.1 Å². The SMILES string of the molecule is COC(=O)c1ccccc1SC(=O)Cc1ccc(O[N+](=O)[O-])cc1. The summed E-state index contributed by atoms with van der Waals surface area (Å²) >= 11 is 0.944. The molecule has 0 aliphatic rings. The van der Waals surface area contributed by atoms with E-state index >= 15 is 0 Å². The molecule has 0 amide bonds. The molecule has 0 spiro atoms. The number of hydrogen-bond acceptors (Lipinski definition) is 7. The van der Waals surface area contributed by atoms with Crippen molar-refractivity contribution in [2.45, 2.75) is 11.3 Å². The quantitative estimate of drug-likeness (QED) is 0.343. The zero-order chi connectivity index (χ0) is 17.5. The standard InChI is InChI=1S/C16H13NO6S/c1-22-16(19)13-4-2-3-5-14(13)24-15(18)10-11-6-8-12(9-7-11)23-17(20)21/h2-9H,10H2,1H3. The van der Waals surface area contributed by atoms with Crippen LogP contribution >= 0.6 is 11.8 Å². The summed E-state index contributed by atoms with van der Waals surface area (Å²) < 4.78 is 4.69. The number of rotatable bonds is 6. The highest BCUT2D eigenvalue weighted by molar-refractivity contribution is 8.13. The third-order valence-electron chi connectivity index (χ3n) is 2.97. The third-order valence-corrected chi connectivity index (χ3v) is 3.92. The highest BCUT2D eigenvalue weighted by atomic mass is 32.2. The molecule has 0 fully saturated rings. The fraction of sp³-hybridized carbons (Fsp3) is 0.125. The number of thioether (sulfide) groups is 1. The molecule has 0 heterocycles. The Morgan fingerprint density at radius 1 is 1.12 bits per heavy atom. The average molecular weight is 347 g/mol. The first-order valence-corrected chi connectivity index (χ1v) is 7.60. The molecule has 2 rings (SSSR count). The number of ether oxygens (including phenoxy) is 1. The van der Waals surface area contributed by atoms with Crippen LogP contribution in [-0.2, 0) is 16.0 Å². The molecular weight excluding hydrogens is 334 g/mol. The second-order valence-corrected chi connectivity index (χ2v) is 5.70. The summed E-state index contributed by atoms with van der Waals surface area (Å²) in [6, 6.07) is 12.7. The van der Waals surface area contributed by atoms with Crippen molar-refractivity contribution in [1.29, 1.82) is 0 Å². The van der Waals surface area contributed by atoms with Crippen molar-refractivity contribution in [3.63, 3.8) is 0 Å². The number of methoxy groups -OCH3 is 1. The molecule has 2 aromatic rings. The predicted octanol–water partition coefficient (Wildman–Crippen LogP) is 2.91. The zero-order valence-corrected chi connectivity index (χ0v) is 13.4. The molecule has 0 aliphatic carbocycles. The molecule has 24 heavy (non-hydrogen) atoms. The van der Waals surface area contributed by atoms with E-state index in [1.54, 1.807) is 36.4 Å². The highest BCUT2D eigenvalue weighted by Crippen LogP contribution is 2.25. The van der Waals surface area contributed by atoms with Crippen molar-refractivity contribution in [3.05, 3.63) is 69.8 Å². The van der Waals surface area contributed by atoms with Crippen LogP contribution in [0.15, 0.2) is 53.4 Å². The molecule has 124 valence electrons. The first kappa shape index (κ1) is 17.5. The van der Waals surface area contributed by atoms with Crippen LogP contribution in [0, 0.1) is 10.1 Å². The monoisotopic (exact) mass is 347 g/mol. The van der Waals surface area contributed by atoms with Crippen LogP contribution in [0.1, 0.15) is 15.9 Å². The van der Waals surface area contributed by atoms with Gasteiger partial charge in [-0.3, -0.25) is 9.63 Å². The number of esters is 1. The van der Waals surface area contributed by atoms with Gasteiger partial charge in [-0.05, 0) is 29.8 Å². The van der Waals surface area contributed by atoms with Gasteiger partial charge in [-0.25, -0.2) is 4.79 Å². The second kappa shape index (κ2) is 8.11. The van der Waals surface area contributed by atoms with Gasteiger partial charge in [-0.2, -0.15) is 0 Å². The van der Waals surface area contributed by atoms with Crippen molar-refractivity contribution in [1.82, 2.24) is 0 Å². The number of benzene rings is 2. The average Bonchev–Trinajstić information content (AvgIpc) is 2.56. The molecule has 0 saturated heterocycles. The first-order chi connectivity index (χ1) is 11.5. The van der Waals surface area contributed by atoms with Gasteiger partial charge in [0, 0.05) is 11.3 Å². The Morgan fingerprint density at radius 2 is 1.79 bits per heavy atom. The summed E-state index contributed by atoms with van der Waals surface area (Å²) in [6.07, 6.45) is 0.110. The summed E-state index contributed by atoms with van der Waals surface area (Å²) in [6.45, 7) is 0. The molecule has 7 nitrogen and oxygen atoms in total. The molecule has 0 aliphatic heterocycles. The molecular formula is C16H13NO6S. The minimum absolute atomic E-state index is 0.0832. The minimum atomic E-state index is -0.903. The van der Waals surface area contributed by atoms with Gasteiger partial charge in [0.2, 0.25) is 0 Å². The van der Waals surface area contributed by atoms with E-state index in [1.807, 2.05) is 0 Å². The maximum absolute atomic E-state index is 12.2. The molecule has 0 saturated carbocycles. The van der Waals surface area contributed by atoms with Crippen molar-refractivity contribution >= 4 is 22.8 Å². The molecule has 0 unspecified atom stereocenters. The van der Waals surface area contributed by atoms with Crippen LogP contribution < -0.4 is 4.84 Å². The molecule has 2 aromatic carbocycles. The number of carbonyl (C=O) groups is 2. The van der Waals surface area contributed by atoms with Gasteiger partial charge in [-0.15, -0.1) is 10.1 Å². The lowest BCUT2D eigenvalue weighted by Crippen LogP contribution is -2.05. The van der Waals surface area contributed by atoms with E-state index in [1.165, 1.54) is 19.2 Å². The summed E-state index contributed by atoms with van der Waals surface area (Å²) in [4.78, 5) is 38.9. The second-order valence-electron chi connectivity index (χ2n) is 4.60. The Hall–Kier alpha value is -2.87. The maximum atomic E-state index is 12.2. The fourth-order valence-corrected chi connectivity index (χ4v) is 2.81.